The maximum absolute atomic E-state index is 12.4. The third kappa shape index (κ3) is 4.20. The summed E-state index contributed by atoms with van der Waals surface area (Å²) in [4.78, 5) is 0.361. The van der Waals surface area contributed by atoms with E-state index in [0.717, 1.165) is 25.8 Å². The molecular weight excluding hydrogens is 286 g/mol. The van der Waals surface area contributed by atoms with Gasteiger partial charge in [0.05, 0.1) is 17.8 Å². The van der Waals surface area contributed by atoms with Crippen molar-refractivity contribution in [3.05, 3.63) is 24.3 Å². The molecule has 5 heteroatoms. The number of methoxy groups -OCH3 is 1. The largest absolute Gasteiger partial charge is 0.497 e. The Hall–Kier alpha value is -1.07. The van der Waals surface area contributed by atoms with Crippen LogP contribution in [0.4, 0.5) is 0 Å². The van der Waals surface area contributed by atoms with Crippen LogP contribution in [0.1, 0.15) is 32.6 Å². The molecule has 0 spiro atoms. The maximum atomic E-state index is 12.4. The highest BCUT2D eigenvalue weighted by Crippen LogP contribution is 2.30. The lowest BCUT2D eigenvalue weighted by Crippen LogP contribution is -2.33. The standard InChI is InChI=1S/C16H25NO3S/c1-3-17-16-9-4-6-13(16)10-11-21(18,19)15-8-5-7-14(12-15)20-2/h5,7-8,12-13,16-17H,3-4,6,9-11H2,1-2H3. The third-order valence-corrected chi connectivity index (χ3v) is 6.03. The second-order valence-corrected chi connectivity index (χ2v) is 7.75. The molecule has 1 saturated carbocycles. The van der Waals surface area contributed by atoms with Gasteiger partial charge in [-0.25, -0.2) is 8.42 Å². The maximum Gasteiger partial charge on any atom is 0.178 e. The highest BCUT2D eigenvalue weighted by Gasteiger charge is 2.28. The van der Waals surface area contributed by atoms with Gasteiger partial charge in [0.25, 0.3) is 0 Å². The Bertz CT molecular complexity index is 556. The van der Waals surface area contributed by atoms with Gasteiger partial charge in [-0.3, -0.25) is 0 Å². The van der Waals surface area contributed by atoms with Crippen LogP contribution in [0.2, 0.25) is 0 Å². The second kappa shape index (κ2) is 7.27. The minimum atomic E-state index is -3.23. The summed E-state index contributed by atoms with van der Waals surface area (Å²) in [5.74, 6) is 1.28. The lowest BCUT2D eigenvalue weighted by molar-refractivity contribution is 0.398. The van der Waals surface area contributed by atoms with Gasteiger partial charge in [-0.2, -0.15) is 0 Å². The molecular formula is C16H25NO3S. The smallest absolute Gasteiger partial charge is 0.178 e. The van der Waals surface area contributed by atoms with Crippen molar-refractivity contribution < 1.29 is 13.2 Å². The molecule has 0 aromatic heterocycles. The van der Waals surface area contributed by atoms with Crippen molar-refractivity contribution in [3.63, 3.8) is 0 Å². The first kappa shape index (κ1) is 16.3. The fourth-order valence-electron chi connectivity index (χ4n) is 3.13. The van der Waals surface area contributed by atoms with Crippen LogP contribution < -0.4 is 10.1 Å². The van der Waals surface area contributed by atoms with E-state index in [1.165, 1.54) is 6.42 Å². The molecule has 0 bridgehead atoms. The minimum absolute atomic E-state index is 0.215. The molecule has 21 heavy (non-hydrogen) atoms. The average Bonchev–Trinajstić information content (AvgIpc) is 2.93. The summed E-state index contributed by atoms with van der Waals surface area (Å²) in [7, 11) is -1.68. The highest BCUT2D eigenvalue weighted by molar-refractivity contribution is 7.91. The van der Waals surface area contributed by atoms with E-state index < -0.39 is 9.84 Å². The fraction of sp³-hybridized carbons (Fsp3) is 0.625. The SMILES string of the molecule is CCNC1CCCC1CCS(=O)(=O)c1cccc(OC)c1. The van der Waals surface area contributed by atoms with Crippen LogP contribution in [0, 0.1) is 5.92 Å². The monoisotopic (exact) mass is 311 g/mol. The van der Waals surface area contributed by atoms with Crippen molar-refractivity contribution in [3.8, 4) is 5.75 Å². The van der Waals surface area contributed by atoms with Gasteiger partial charge < -0.3 is 10.1 Å². The van der Waals surface area contributed by atoms with E-state index in [2.05, 4.69) is 12.2 Å². The predicted molar refractivity (Wildman–Crippen MR) is 84.5 cm³/mol. The summed E-state index contributed by atoms with van der Waals surface area (Å²) >= 11 is 0. The number of hydrogen-bond acceptors (Lipinski definition) is 4. The summed E-state index contributed by atoms with van der Waals surface area (Å²) in [6.07, 6.45) is 4.22. The zero-order valence-electron chi connectivity index (χ0n) is 12.8. The Kier molecular flexibility index (Phi) is 5.65. The fourth-order valence-corrected chi connectivity index (χ4v) is 4.56. The number of ether oxygens (including phenoxy) is 1. The van der Waals surface area contributed by atoms with Crippen molar-refractivity contribution in [2.24, 2.45) is 5.92 Å². The highest BCUT2D eigenvalue weighted by atomic mass is 32.2. The Morgan fingerprint density at radius 2 is 2.14 bits per heavy atom. The Morgan fingerprint density at radius 1 is 1.33 bits per heavy atom. The quantitative estimate of drug-likeness (QED) is 0.841. The molecule has 2 atom stereocenters. The van der Waals surface area contributed by atoms with E-state index in [-0.39, 0.29) is 5.75 Å². The zero-order valence-corrected chi connectivity index (χ0v) is 13.7. The Labute approximate surface area is 127 Å². The van der Waals surface area contributed by atoms with Crippen LogP contribution in [0.3, 0.4) is 0 Å². The first-order valence-corrected chi connectivity index (χ1v) is 9.32. The van der Waals surface area contributed by atoms with Gasteiger partial charge in [-0.15, -0.1) is 0 Å². The lowest BCUT2D eigenvalue weighted by atomic mass is 10.0. The zero-order chi connectivity index (χ0) is 15.3. The Balaban J connectivity index is 2.00. The number of sulfone groups is 1. The molecule has 1 aromatic carbocycles. The summed E-state index contributed by atoms with van der Waals surface area (Å²) in [6.45, 7) is 3.05. The van der Waals surface area contributed by atoms with Crippen LogP contribution >= 0.6 is 0 Å². The lowest BCUT2D eigenvalue weighted by Gasteiger charge is -2.20. The van der Waals surface area contributed by atoms with Crippen LogP contribution in [-0.4, -0.2) is 33.9 Å². The van der Waals surface area contributed by atoms with Crippen molar-refractivity contribution in [1.82, 2.24) is 5.32 Å². The molecule has 0 aliphatic heterocycles. The molecule has 0 heterocycles. The first-order valence-electron chi connectivity index (χ1n) is 7.67. The molecule has 1 aromatic rings. The van der Waals surface area contributed by atoms with Crippen LogP contribution in [-0.2, 0) is 9.84 Å². The van der Waals surface area contributed by atoms with E-state index in [0.29, 0.717) is 22.6 Å². The van der Waals surface area contributed by atoms with Gasteiger partial charge in [0, 0.05) is 6.04 Å². The van der Waals surface area contributed by atoms with E-state index in [1.54, 1.807) is 31.4 Å². The molecule has 1 aliphatic rings. The van der Waals surface area contributed by atoms with Gasteiger partial charge in [0.15, 0.2) is 9.84 Å². The van der Waals surface area contributed by atoms with Crippen LogP contribution in [0.5, 0.6) is 5.75 Å². The molecule has 118 valence electrons. The van der Waals surface area contributed by atoms with Crippen molar-refractivity contribution in [2.45, 2.75) is 43.5 Å². The molecule has 0 saturated heterocycles. The van der Waals surface area contributed by atoms with Crippen LogP contribution in [0.15, 0.2) is 29.2 Å². The molecule has 2 rings (SSSR count). The number of benzene rings is 1. The number of hydrogen-bond donors (Lipinski definition) is 1. The van der Waals surface area contributed by atoms with Crippen molar-refractivity contribution in [1.29, 1.82) is 0 Å². The summed E-state index contributed by atoms with van der Waals surface area (Å²) < 4.78 is 30.0. The normalized spacial score (nSPS) is 22.4. The van der Waals surface area contributed by atoms with E-state index in [1.807, 2.05) is 0 Å². The molecule has 1 N–H and O–H groups in total. The van der Waals surface area contributed by atoms with E-state index >= 15 is 0 Å². The minimum Gasteiger partial charge on any atom is -0.497 e. The van der Waals surface area contributed by atoms with Gasteiger partial charge in [-0.05, 0) is 49.9 Å². The summed E-state index contributed by atoms with van der Waals surface area (Å²) in [5, 5.41) is 3.47. The first-order chi connectivity index (χ1) is 10.1. The predicted octanol–water partition coefficient (Wildman–Crippen LogP) is 2.64. The van der Waals surface area contributed by atoms with Gasteiger partial charge in [-0.1, -0.05) is 19.4 Å². The molecule has 0 radical (unpaired) electrons. The summed E-state index contributed by atoms with van der Waals surface area (Å²) in [6, 6.07) is 7.22. The molecule has 0 amide bonds. The molecule has 4 nitrogen and oxygen atoms in total. The van der Waals surface area contributed by atoms with Gasteiger partial charge in [0.1, 0.15) is 5.75 Å². The number of nitrogens with one attached hydrogen (secondary N) is 1. The van der Waals surface area contributed by atoms with E-state index in [9.17, 15) is 8.42 Å². The van der Waals surface area contributed by atoms with Crippen LogP contribution in [0.25, 0.3) is 0 Å². The van der Waals surface area contributed by atoms with E-state index in [4.69, 9.17) is 4.74 Å². The third-order valence-electron chi connectivity index (χ3n) is 4.28. The molecule has 2 unspecified atom stereocenters. The van der Waals surface area contributed by atoms with Gasteiger partial charge in [0.2, 0.25) is 0 Å². The van der Waals surface area contributed by atoms with Gasteiger partial charge >= 0.3 is 0 Å². The molecule has 1 aliphatic carbocycles. The van der Waals surface area contributed by atoms with Crippen molar-refractivity contribution >= 4 is 9.84 Å². The second-order valence-electron chi connectivity index (χ2n) is 5.64. The Morgan fingerprint density at radius 3 is 2.86 bits per heavy atom. The molecule has 1 fully saturated rings. The topological polar surface area (TPSA) is 55.4 Å². The average molecular weight is 311 g/mol. The number of rotatable bonds is 7. The summed E-state index contributed by atoms with van der Waals surface area (Å²) in [5.41, 5.74) is 0. The van der Waals surface area contributed by atoms with Crippen molar-refractivity contribution in [2.75, 3.05) is 19.4 Å².